The normalized spacial score (nSPS) is 13.8. The van der Waals surface area contributed by atoms with Gasteiger partial charge in [-0.05, 0) is 42.0 Å². The number of hydrogen-bond donors (Lipinski definition) is 0. The molecule has 166 valence electrons. The van der Waals surface area contributed by atoms with Crippen LogP contribution in [0.25, 0.3) is 11.4 Å². The van der Waals surface area contributed by atoms with E-state index in [-0.39, 0.29) is 5.82 Å². The van der Waals surface area contributed by atoms with E-state index < -0.39 is 0 Å². The fourth-order valence-electron chi connectivity index (χ4n) is 3.91. The summed E-state index contributed by atoms with van der Waals surface area (Å²) >= 11 is 0. The highest BCUT2D eigenvalue weighted by Crippen LogP contribution is 2.20. The lowest BCUT2D eigenvalue weighted by atomic mass is 10.1. The molecule has 1 fully saturated rings. The van der Waals surface area contributed by atoms with Crippen molar-refractivity contribution in [2.24, 2.45) is 0 Å². The van der Waals surface area contributed by atoms with Gasteiger partial charge in [-0.1, -0.05) is 24.3 Å². The van der Waals surface area contributed by atoms with Crippen molar-refractivity contribution in [3.8, 4) is 11.4 Å². The fourth-order valence-corrected chi connectivity index (χ4v) is 3.91. The lowest BCUT2D eigenvalue weighted by Gasteiger charge is -2.28. The van der Waals surface area contributed by atoms with E-state index in [0.29, 0.717) is 24.2 Å². The van der Waals surface area contributed by atoms with E-state index >= 15 is 0 Å². The van der Waals surface area contributed by atoms with E-state index in [9.17, 15) is 4.39 Å². The Bertz CT molecular complexity index is 1230. The zero-order valence-electron chi connectivity index (χ0n) is 18.2. The van der Waals surface area contributed by atoms with E-state index in [2.05, 4.69) is 44.1 Å². The highest BCUT2D eigenvalue weighted by Gasteiger charge is 2.12. The van der Waals surface area contributed by atoms with Crippen LogP contribution in [0.5, 0.6) is 0 Å². The average molecular weight is 442 g/mol. The monoisotopic (exact) mass is 441 g/mol. The first-order chi connectivity index (χ1) is 16.2. The highest BCUT2D eigenvalue weighted by atomic mass is 19.1. The number of aromatic nitrogens is 4. The number of hydrogen-bond acceptors (Lipinski definition) is 6. The van der Waals surface area contributed by atoms with E-state index in [1.54, 1.807) is 30.6 Å². The molecule has 6 nitrogen and oxygen atoms in total. The molecule has 1 saturated heterocycles. The van der Waals surface area contributed by atoms with Gasteiger partial charge in [0, 0.05) is 44.0 Å². The van der Waals surface area contributed by atoms with Gasteiger partial charge in [-0.15, -0.1) is 0 Å². The van der Waals surface area contributed by atoms with Crippen molar-refractivity contribution in [2.45, 2.75) is 12.8 Å². The van der Waals surface area contributed by atoms with Crippen LogP contribution in [0.2, 0.25) is 0 Å². The second-order valence-corrected chi connectivity index (χ2v) is 7.94. The van der Waals surface area contributed by atoms with Gasteiger partial charge in [0.2, 0.25) is 0 Å². The number of morpholine rings is 1. The molecule has 3 heterocycles. The number of ether oxygens (including phenoxy) is 1. The minimum Gasteiger partial charge on any atom is -0.378 e. The number of nitrogens with zero attached hydrogens (tertiary/aromatic N) is 5. The third kappa shape index (κ3) is 5.21. The highest BCUT2D eigenvalue weighted by molar-refractivity contribution is 5.55. The second kappa shape index (κ2) is 9.83. The third-order valence-corrected chi connectivity index (χ3v) is 5.63. The molecule has 0 unspecified atom stereocenters. The molecule has 0 N–H and O–H groups in total. The predicted molar refractivity (Wildman–Crippen MR) is 125 cm³/mol. The van der Waals surface area contributed by atoms with Gasteiger partial charge in [-0.25, -0.2) is 24.3 Å². The predicted octanol–water partition coefficient (Wildman–Crippen LogP) is 4.09. The molecule has 33 heavy (non-hydrogen) atoms. The Hall–Kier alpha value is -3.71. The summed E-state index contributed by atoms with van der Waals surface area (Å²) in [5.41, 5.74) is 4.41. The minimum atomic E-state index is -0.335. The van der Waals surface area contributed by atoms with Crippen molar-refractivity contribution in [1.82, 2.24) is 19.9 Å². The molecule has 0 radical (unpaired) electrons. The zero-order chi connectivity index (χ0) is 22.5. The summed E-state index contributed by atoms with van der Waals surface area (Å²) in [6.07, 6.45) is 4.61. The van der Waals surface area contributed by atoms with Crippen LogP contribution >= 0.6 is 0 Å². The summed E-state index contributed by atoms with van der Waals surface area (Å²) in [5, 5.41) is 0. The molecule has 5 rings (SSSR count). The second-order valence-electron chi connectivity index (χ2n) is 7.94. The molecule has 4 aromatic rings. The summed E-state index contributed by atoms with van der Waals surface area (Å²) in [7, 11) is 0. The summed E-state index contributed by atoms with van der Waals surface area (Å²) < 4.78 is 19.5. The van der Waals surface area contributed by atoms with Crippen LogP contribution in [0.15, 0.2) is 73.1 Å². The van der Waals surface area contributed by atoms with Crippen LogP contribution < -0.4 is 4.90 Å². The van der Waals surface area contributed by atoms with Crippen molar-refractivity contribution < 1.29 is 9.13 Å². The van der Waals surface area contributed by atoms with E-state index in [1.807, 2.05) is 12.1 Å². The van der Waals surface area contributed by atoms with Gasteiger partial charge in [0.15, 0.2) is 5.82 Å². The van der Waals surface area contributed by atoms with Crippen LogP contribution in [0.4, 0.5) is 10.1 Å². The Labute approximate surface area is 192 Å². The smallest absolute Gasteiger partial charge is 0.162 e. The standard InChI is InChI=1S/C26H24FN5O/c27-24-4-2-1-3-23(24)26-29-12-10-21(31-26)18-20-9-11-28-25(30-20)17-19-5-7-22(8-6-19)32-13-15-33-16-14-32/h1-12H,13-18H2. The van der Waals surface area contributed by atoms with Gasteiger partial charge in [0.25, 0.3) is 0 Å². The van der Waals surface area contributed by atoms with Crippen molar-refractivity contribution in [2.75, 3.05) is 31.2 Å². The molecular weight excluding hydrogens is 417 g/mol. The van der Waals surface area contributed by atoms with Gasteiger partial charge >= 0.3 is 0 Å². The largest absolute Gasteiger partial charge is 0.378 e. The Kier molecular flexibility index (Phi) is 6.30. The van der Waals surface area contributed by atoms with Crippen LogP contribution in [0, 0.1) is 5.82 Å². The Morgan fingerprint density at radius 3 is 2.30 bits per heavy atom. The molecule has 2 aromatic carbocycles. The molecule has 0 saturated carbocycles. The zero-order valence-corrected chi connectivity index (χ0v) is 18.2. The lowest BCUT2D eigenvalue weighted by molar-refractivity contribution is 0.122. The molecule has 1 aliphatic rings. The van der Waals surface area contributed by atoms with Crippen molar-refractivity contribution in [3.05, 3.63) is 102 Å². The topological polar surface area (TPSA) is 64.0 Å². The van der Waals surface area contributed by atoms with Crippen LogP contribution in [0.1, 0.15) is 22.8 Å². The van der Waals surface area contributed by atoms with Gasteiger partial charge in [-0.3, -0.25) is 0 Å². The summed E-state index contributed by atoms with van der Waals surface area (Å²) in [6, 6.07) is 18.8. The van der Waals surface area contributed by atoms with Gasteiger partial charge < -0.3 is 9.64 Å². The maximum absolute atomic E-state index is 14.1. The first-order valence-electron chi connectivity index (χ1n) is 11.0. The van der Waals surface area contributed by atoms with Gasteiger partial charge in [0.1, 0.15) is 11.6 Å². The van der Waals surface area contributed by atoms with Gasteiger partial charge in [0.05, 0.1) is 30.2 Å². The van der Waals surface area contributed by atoms with Crippen LogP contribution in [-0.2, 0) is 17.6 Å². The van der Waals surface area contributed by atoms with E-state index in [0.717, 1.165) is 49.1 Å². The number of anilines is 1. The van der Waals surface area contributed by atoms with Crippen LogP contribution in [0.3, 0.4) is 0 Å². The Morgan fingerprint density at radius 2 is 1.52 bits per heavy atom. The molecule has 0 atom stereocenters. The van der Waals surface area contributed by atoms with Crippen molar-refractivity contribution in [1.29, 1.82) is 0 Å². The third-order valence-electron chi connectivity index (χ3n) is 5.63. The van der Waals surface area contributed by atoms with E-state index in [4.69, 9.17) is 9.72 Å². The van der Waals surface area contributed by atoms with Crippen molar-refractivity contribution in [3.63, 3.8) is 0 Å². The average Bonchev–Trinajstić information content (AvgIpc) is 2.86. The number of halogens is 1. The first-order valence-corrected chi connectivity index (χ1v) is 11.0. The molecule has 7 heteroatoms. The Balaban J connectivity index is 1.28. The Morgan fingerprint density at radius 1 is 0.788 bits per heavy atom. The first kappa shape index (κ1) is 21.2. The molecule has 0 bridgehead atoms. The molecular formula is C26H24FN5O. The van der Waals surface area contributed by atoms with Crippen LogP contribution in [-0.4, -0.2) is 46.2 Å². The summed E-state index contributed by atoms with van der Waals surface area (Å²) in [5.74, 6) is 0.800. The fraction of sp³-hybridized carbons (Fsp3) is 0.231. The quantitative estimate of drug-likeness (QED) is 0.449. The molecule has 0 amide bonds. The molecule has 0 spiro atoms. The molecule has 0 aliphatic carbocycles. The van der Waals surface area contributed by atoms with Gasteiger partial charge in [-0.2, -0.15) is 0 Å². The number of benzene rings is 2. The maximum atomic E-state index is 14.1. The molecule has 1 aliphatic heterocycles. The molecule has 2 aromatic heterocycles. The SMILES string of the molecule is Fc1ccccc1-c1nccc(Cc2ccnc(Cc3ccc(N4CCOCC4)cc3)n2)n1. The van der Waals surface area contributed by atoms with E-state index in [1.165, 1.54) is 11.8 Å². The minimum absolute atomic E-state index is 0.335. The summed E-state index contributed by atoms with van der Waals surface area (Å²) in [4.78, 5) is 20.3. The maximum Gasteiger partial charge on any atom is 0.162 e. The van der Waals surface area contributed by atoms with Crippen molar-refractivity contribution >= 4 is 5.69 Å². The summed E-state index contributed by atoms with van der Waals surface area (Å²) in [6.45, 7) is 3.39. The number of rotatable bonds is 6. The lowest BCUT2D eigenvalue weighted by Crippen LogP contribution is -2.36.